The van der Waals surface area contributed by atoms with Gasteiger partial charge in [-0.15, -0.1) is 0 Å². The Balaban J connectivity index is 1.72. The molecule has 2 rings (SSSR count). The van der Waals surface area contributed by atoms with Gasteiger partial charge in [0.1, 0.15) is 0 Å². The molecule has 18 heavy (non-hydrogen) atoms. The van der Waals surface area contributed by atoms with E-state index in [1.807, 2.05) is 0 Å². The van der Waals surface area contributed by atoms with Gasteiger partial charge >= 0.3 is 0 Å². The Labute approximate surface area is 115 Å². The van der Waals surface area contributed by atoms with Crippen molar-refractivity contribution in [3.8, 4) is 0 Å². The Hall–Kier alpha value is 0. The monoisotopic (exact) mass is 250 g/mol. The number of rotatable bonds is 4. The zero-order valence-corrected chi connectivity index (χ0v) is 13.0. The van der Waals surface area contributed by atoms with E-state index in [4.69, 9.17) is 0 Å². The van der Waals surface area contributed by atoms with Crippen molar-refractivity contribution in [2.45, 2.75) is 85.0 Å². The zero-order valence-electron chi connectivity index (χ0n) is 13.0. The molecule has 2 saturated carbocycles. The molecule has 0 saturated heterocycles. The van der Waals surface area contributed by atoms with Crippen molar-refractivity contribution >= 4 is 0 Å². The minimum absolute atomic E-state index is 0.995. The molecular weight excluding hydrogens is 216 g/mol. The fourth-order valence-electron chi connectivity index (χ4n) is 4.47. The molecule has 0 spiro atoms. The second kappa shape index (κ2) is 6.96. The molecule has 0 heterocycles. The summed E-state index contributed by atoms with van der Waals surface area (Å²) in [5.74, 6) is 5.10. The summed E-state index contributed by atoms with van der Waals surface area (Å²) >= 11 is 0. The molecule has 2 aliphatic rings. The smallest absolute Gasteiger partial charge is 0.0386 e. The van der Waals surface area contributed by atoms with Crippen LogP contribution >= 0.6 is 0 Å². The highest BCUT2D eigenvalue weighted by molar-refractivity contribution is 4.78. The first-order chi connectivity index (χ1) is 8.66. The van der Waals surface area contributed by atoms with Crippen LogP contribution in [0.2, 0.25) is 0 Å². The third-order valence-corrected chi connectivity index (χ3v) is 6.07. The minimum Gasteiger partial charge on any atom is -0.0625 e. The average Bonchev–Trinajstić information content (AvgIpc) is 2.40. The van der Waals surface area contributed by atoms with Crippen LogP contribution in [-0.2, 0) is 0 Å². The molecule has 0 radical (unpaired) electrons. The van der Waals surface area contributed by atoms with Crippen molar-refractivity contribution in [1.29, 1.82) is 0 Å². The van der Waals surface area contributed by atoms with Crippen LogP contribution in [0, 0.1) is 29.6 Å². The summed E-state index contributed by atoms with van der Waals surface area (Å²) in [6.07, 6.45) is 15.1. The third kappa shape index (κ3) is 4.00. The molecule has 2 aliphatic carbocycles. The second-order valence-electron chi connectivity index (χ2n) is 7.61. The molecule has 0 aromatic carbocycles. The van der Waals surface area contributed by atoms with Crippen LogP contribution in [0.5, 0.6) is 0 Å². The van der Waals surface area contributed by atoms with E-state index in [2.05, 4.69) is 20.8 Å². The first kappa shape index (κ1) is 14.4. The Morgan fingerprint density at radius 1 is 0.944 bits per heavy atom. The molecule has 0 aromatic rings. The van der Waals surface area contributed by atoms with Gasteiger partial charge in [-0.1, -0.05) is 72.1 Å². The highest BCUT2D eigenvalue weighted by atomic mass is 14.3. The van der Waals surface area contributed by atoms with E-state index in [-0.39, 0.29) is 0 Å². The van der Waals surface area contributed by atoms with E-state index in [9.17, 15) is 0 Å². The lowest BCUT2D eigenvalue weighted by atomic mass is 9.71. The summed E-state index contributed by atoms with van der Waals surface area (Å²) in [6, 6.07) is 0. The van der Waals surface area contributed by atoms with Gasteiger partial charge in [-0.25, -0.2) is 0 Å². The van der Waals surface area contributed by atoms with Crippen LogP contribution < -0.4 is 0 Å². The first-order valence-electron chi connectivity index (χ1n) is 8.66. The molecule has 0 aromatic heterocycles. The predicted molar refractivity (Wildman–Crippen MR) is 80.6 cm³/mol. The van der Waals surface area contributed by atoms with E-state index >= 15 is 0 Å². The number of hydrogen-bond acceptors (Lipinski definition) is 0. The fraction of sp³-hybridized carbons (Fsp3) is 1.00. The lowest BCUT2D eigenvalue weighted by molar-refractivity contribution is 0.167. The molecule has 0 heteroatoms. The van der Waals surface area contributed by atoms with Crippen LogP contribution in [0.3, 0.4) is 0 Å². The van der Waals surface area contributed by atoms with Crippen LogP contribution in [0.1, 0.15) is 85.0 Å². The molecule has 4 unspecified atom stereocenters. The molecular formula is C18H34. The van der Waals surface area contributed by atoms with Gasteiger partial charge in [0.05, 0.1) is 0 Å². The van der Waals surface area contributed by atoms with Gasteiger partial charge in [-0.2, -0.15) is 0 Å². The average molecular weight is 250 g/mol. The molecule has 0 bridgehead atoms. The van der Waals surface area contributed by atoms with Crippen LogP contribution in [0.4, 0.5) is 0 Å². The Bertz CT molecular complexity index is 226. The van der Waals surface area contributed by atoms with Crippen molar-refractivity contribution < 1.29 is 0 Å². The fourth-order valence-corrected chi connectivity index (χ4v) is 4.47. The molecule has 4 atom stereocenters. The summed E-state index contributed by atoms with van der Waals surface area (Å²) in [4.78, 5) is 0. The molecule has 2 fully saturated rings. The summed E-state index contributed by atoms with van der Waals surface area (Å²) in [6.45, 7) is 7.50. The lowest BCUT2D eigenvalue weighted by Crippen LogP contribution is -2.23. The van der Waals surface area contributed by atoms with Gasteiger partial charge in [-0.3, -0.25) is 0 Å². The van der Waals surface area contributed by atoms with Crippen molar-refractivity contribution in [2.75, 3.05) is 0 Å². The minimum atomic E-state index is 0.995. The second-order valence-corrected chi connectivity index (χ2v) is 7.61. The normalized spacial score (nSPS) is 36.5. The summed E-state index contributed by atoms with van der Waals surface area (Å²) < 4.78 is 0. The van der Waals surface area contributed by atoms with E-state index in [1.54, 1.807) is 0 Å². The highest BCUT2D eigenvalue weighted by Crippen LogP contribution is 2.39. The van der Waals surface area contributed by atoms with E-state index in [1.165, 1.54) is 64.2 Å². The van der Waals surface area contributed by atoms with Crippen LogP contribution in [-0.4, -0.2) is 0 Å². The van der Waals surface area contributed by atoms with Gasteiger partial charge in [0.15, 0.2) is 0 Å². The third-order valence-electron chi connectivity index (χ3n) is 6.07. The largest absolute Gasteiger partial charge is 0.0625 e. The van der Waals surface area contributed by atoms with Crippen LogP contribution in [0.25, 0.3) is 0 Å². The quantitative estimate of drug-likeness (QED) is 0.569. The van der Waals surface area contributed by atoms with E-state index < -0.39 is 0 Å². The van der Waals surface area contributed by atoms with E-state index in [0.29, 0.717) is 0 Å². The van der Waals surface area contributed by atoms with Gasteiger partial charge in [0.2, 0.25) is 0 Å². The van der Waals surface area contributed by atoms with Crippen molar-refractivity contribution in [2.24, 2.45) is 29.6 Å². The SMILES string of the molecule is CC1CCC(C)C(CCC(C)C2CCCCC2)C1. The molecule has 0 aliphatic heterocycles. The maximum absolute atomic E-state index is 2.53. The van der Waals surface area contributed by atoms with Crippen molar-refractivity contribution in [3.05, 3.63) is 0 Å². The molecule has 0 nitrogen and oxygen atoms in total. The van der Waals surface area contributed by atoms with Gasteiger partial charge in [0.25, 0.3) is 0 Å². The maximum Gasteiger partial charge on any atom is -0.0386 e. The van der Waals surface area contributed by atoms with Crippen LogP contribution in [0.15, 0.2) is 0 Å². The van der Waals surface area contributed by atoms with Crippen molar-refractivity contribution in [1.82, 2.24) is 0 Å². The molecule has 106 valence electrons. The van der Waals surface area contributed by atoms with E-state index in [0.717, 1.165) is 29.6 Å². The Kier molecular flexibility index (Phi) is 5.57. The lowest BCUT2D eigenvalue weighted by Gasteiger charge is -2.35. The highest BCUT2D eigenvalue weighted by Gasteiger charge is 2.27. The Morgan fingerprint density at radius 2 is 1.67 bits per heavy atom. The predicted octanol–water partition coefficient (Wildman–Crippen LogP) is 6.06. The van der Waals surface area contributed by atoms with Crippen molar-refractivity contribution in [3.63, 3.8) is 0 Å². The van der Waals surface area contributed by atoms with Gasteiger partial charge in [0, 0.05) is 0 Å². The van der Waals surface area contributed by atoms with Gasteiger partial charge < -0.3 is 0 Å². The molecule has 0 amide bonds. The topological polar surface area (TPSA) is 0 Å². The first-order valence-corrected chi connectivity index (χ1v) is 8.66. The van der Waals surface area contributed by atoms with Gasteiger partial charge in [-0.05, 0) is 42.4 Å². The number of hydrogen-bond donors (Lipinski definition) is 0. The standard InChI is InChI=1S/C18H34/c1-14-9-10-16(3)18(13-14)12-11-15(2)17-7-5-4-6-8-17/h14-18H,4-13H2,1-3H3. The zero-order chi connectivity index (χ0) is 13.0. The Morgan fingerprint density at radius 3 is 2.39 bits per heavy atom. The summed E-state index contributed by atoms with van der Waals surface area (Å²) in [5, 5.41) is 0. The maximum atomic E-state index is 2.53. The summed E-state index contributed by atoms with van der Waals surface area (Å²) in [5.41, 5.74) is 0. The summed E-state index contributed by atoms with van der Waals surface area (Å²) in [7, 11) is 0. The molecule has 0 N–H and O–H groups in total.